The Morgan fingerprint density at radius 2 is 2.15 bits per heavy atom. The topological polar surface area (TPSA) is 54.4 Å². The molecule has 3 nitrogen and oxygen atoms in total. The number of hydrogen-bond donors (Lipinski definition) is 1. The van der Waals surface area contributed by atoms with Crippen molar-refractivity contribution in [2.45, 2.75) is 33.1 Å². The molecule has 0 aromatic carbocycles. The molecular weight excluding hydrogens is 168 g/mol. The summed E-state index contributed by atoms with van der Waals surface area (Å²) in [6.45, 7) is 3.84. The summed E-state index contributed by atoms with van der Waals surface area (Å²) in [4.78, 5) is 22.8. The van der Waals surface area contributed by atoms with Crippen LogP contribution in [0.4, 0.5) is 0 Å². The summed E-state index contributed by atoms with van der Waals surface area (Å²) in [6.07, 6.45) is 1.91. The number of aliphatic carboxylic acids is 1. The third-order valence-corrected chi connectivity index (χ3v) is 4.26. The highest BCUT2D eigenvalue weighted by Crippen LogP contribution is 2.63. The van der Waals surface area contributed by atoms with Crippen LogP contribution in [0.25, 0.3) is 0 Å². The van der Waals surface area contributed by atoms with Crippen molar-refractivity contribution in [3.8, 4) is 0 Å². The number of fused-ring (bicyclic) bond motifs is 2. The van der Waals surface area contributed by atoms with E-state index in [9.17, 15) is 14.7 Å². The van der Waals surface area contributed by atoms with Crippen LogP contribution in [-0.4, -0.2) is 16.9 Å². The molecule has 2 rings (SSSR count). The van der Waals surface area contributed by atoms with Crippen molar-refractivity contribution < 1.29 is 14.7 Å². The lowest BCUT2D eigenvalue weighted by Gasteiger charge is -2.31. The highest BCUT2D eigenvalue weighted by atomic mass is 16.4. The summed E-state index contributed by atoms with van der Waals surface area (Å²) in [5.74, 6) is -0.681. The largest absolute Gasteiger partial charge is 0.480 e. The summed E-state index contributed by atoms with van der Waals surface area (Å²) in [6, 6.07) is 0. The molecule has 2 fully saturated rings. The molecule has 0 aromatic rings. The predicted octanol–water partition coefficient (Wildman–Crippen LogP) is 1.47. The fourth-order valence-electron chi connectivity index (χ4n) is 3.18. The Bertz CT molecular complexity index is 293. The maximum absolute atomic E-state index is 11.6. The van der Waals surface area contributed by atoms with Gasteiger partial charge in [-0.15, -0.1) is 0 Å². The number of carbonyl (C=O) groups excluding carboxylic acids is 1. The molecule has 2 aliphatic carbocycles. The van der Waals surface area contributed by atoms with E-state index >= 15 is 0 Å². The van der Waals surface area contributed by atoms with Crippen LogP contribution in [0.5, 0.6) is 0 Å². The molecule has 2 aliphatic rings. The first kappa shape index (κ1) is 8.73. The normalized spacial score (nSPS) is 41.1. The van der Waals surface area contributed by atoms with Crippen molar-refractivity contribution in [3.05, 3.63) is 0 Å². The van der Waals surface area contributed by atoms with Crippen molar-refractivity contribution >= 4 is 11.8 Å². The van der Waals surface area contributed by atoms with Crippen LogP contribution in [-0.2, 0) is 9.59 Å². The Balaban J connectivity index is 2.55. The molecule has 0 heterocycles. The number of ketones is 1. The van der Waals surface area contributed by atoms with E-state index in [0.29, 0.717) is 12.8 Å². The zero-order chi connectivity index (χ0) is 9.85. The predicted molar refractivity (Wildman–Crippen MR) is 46.2 cm³/mol. The van der Waals surface area contributed by atoms with Crippen molar-refractivity contribution in [3.63, 3.8) is 0 Å². The summed E-state index contributed by atoms with van der Waals surface area (Å²) in [5.41, 5.74) is -1.40. The average Bonchev–Trinajstić information content (AvgIpc) is 2.35. The SMILES string of the molecule is CC1(C)[C@H]2CC[C@]1(C(=O)O)C(=O)C2. The first-order valence-electron chi connectivity index (χ1n) is 4.69. The average molecular weight is 182 g/mol. The van der Waals surface area contributed by atoms with Gasteiger partial charge < -0.3 is 5.11 Å². The molecule has 0 unspecified atom stereocenters. The molecule has 72 valence electrons. The van der Waals surface area contributed by atoms with Gasteiger partial charge in [0.1, 0.15) is 5.41 Å². The molecule has 2 atom stereocenters. The van der Waals surface area contributed by atoms with Crippen LogP contribution in [0.2, 0.25) is 0 Å². The van der Waals surface area contributed by atoms with Crippen LogP contribution in [0.1, 0.15) is 33.1 Å². The molecule has 0 spiro atoms. The van der Waals surface area contributed by atoms with Gasteiger partial charge in [-0.25, -0.2) is 0 Å². The van der Waals surface area contributed by atoms with Crippen LogP contribution < -0.4 is 0 Å². The molecule has 13 heavy (non-hydrogen) atoms. The van der Waals surface area contributed by atoms with Gasteiger partial charge in [0.15, 0.2) is 5.78 Å². The van der Waals surface area contributed by atoms with Crippen LogP contribution in [0, 0.1) is 16.7 Å². The third kappa shape index (κ3) is 0.713. The van der Waals surface area contributed by atoms with Gasteiger partial charge in [0.05, 0.1) is 0 Å². The Morgan fingerprint density at radius 3 is 2.38 bits per heavy atom. The van der Waals surface area contributed by atoms with Crippen LogP contribution >= 0.6 is 0 Å². The smallest absolute Gasteiger partial charge is 0.317 e. The molecule has 0 aromatic heterocycles. The summed E-state index contributed by atoms with van der Waals surface area (Å²) < 4.78 is 0. The molecule has 0 radical (unpaired) electrons. The maximum Gasteiger partial charge on any atom is 0.317 e. The van der Waals surface area contributed by atoms with Crippen molar-refractivity contribution in [2.75, 3.05) is 0 Å². The van der Waals surface area contributed by atoms with E-state index in [4.69, 9.17) is 0 Å². The zero-order valence-corrected chi connectivity index (χ0v) is 7.96. The van der Waals surface area contributed by atoms with E-state index in [1.54, 1.807) is 0 Å². The maximum atomic E-state index is 11.6. The zero-order valence-electron chi connectivity index (χ0n) is 7.96. The lowest BCUT2D eigenvalue weighted by atomic mass is 9.69. The van der Waals surface area contributed by atoms with Gasteiger partial charge in [-0.2, -0.15) is 0 Å². The Kier molecular flexibility index (Phi) is 1.44. The number of carboxylic acid groups (broad SMARTS) is 1. The monoisotopic (exact) mass is 182 g/mol. The molecule has 1 N–H and O–H groups in total. The number of rotatable bonds is 1. The first-order valence-corrected chi connectivity index (χ1v) is 4.69. The minimum Gasteiger partial charge on any atom is -0.480 e. The summed E-state index contributed by atoms with van der Waals surface area (Å²) in [5, 5.41) is 9.18. The van der Waals surface area contributed by atoms with Gasteiger partial charge in [0.2, 0.25) is 0 Å². The molecule has 2 bridgehead atoms. The minimum absolute atomic E-state index is 0.0544. The van der Waals surface area contributed by atoms with Gasteiger partial charge in [0, 0.05) is 6.42 Å². The molecule has 0 amide bonds. The van der Waals surface area contributed by atoms with Crippen molar-refractivity contribution in [1.29, 1.82) is 0 Å². The van der Waals surface area contributed by atoms with Crippen molar-refractivity contribution in [2.24, 2.45) is 16.7 Å². The number of Topliss-reactive ketones (excluding diaryl/α,β-unsaturated/α-hetero) is 1. The van der Waals surface area contributed by atoms with Gasteiger partial charge >= 0.3 is 5.97 Å². The quantitative estimate of drug-likeness (QED) is 0.625. The molecule has 2 saturated carbocycles. The van der Waals surface area contributed by atoms with Crippen LogP contribution in [0.3, 0.4) is 0 Å². The van der Waals surface area contributed by atoms with E-state index in [-0.39, 0.29) is 17.1 Å². The molecule has 3 heteroatoms. The van der Waals surface area contributed by atoms with E-state index < -0.39 is 11.4 Å². The van der Waals surface area contributed by atoms with Crippen LogP contribution in [0.15, 0.2) is 0 Å². The Morgan fingerprint density at radius 1 is 1.54 bits per heavy atom. The number of carboxylic acids is 1. The fourth-order valence-corrected chi connectivity index (χ4v) is 3.18. The standard InChI is InChI=1S/C10H14O3/c1-9(2)6-3-4-10(9,8(12)13)7(11)5-6/h6H,3-5H2,1-2H3,(H,12,13)/t6-,10+/m0/s1. The summed E-state index contributed by atoms with van der Waals surface area (Å²) in [7, 11) is 0. The van der Waals surface area contributed by atoms with E-state index in [1.807, 2.05) is 13.8 Å². The second-order valence-corrected chi connectivity index (χ2v) is 4.80. The lowest BCUT2D eigenvalue weighted by Crippen LogP contribution is -2.43. The van der Waals surface area contributed by atoms with Gasteiger partial charge in [0.25, 0.3) is 0 Å². The van der Waals surface area contributed by atoms with E-state index in [1.165, 1.54) is 0 Å². The minimum atomic E-state index is -1.06. The second-order valence-electron chi connectivity index (χ2n) is 4.80. The molecule has 0 saturated heterocycles. The van der Waals surface area contributed by atoms with Gasteiger partial charge in [-0.3, -0.25) is 9.59 Å². The molecular formula is C10H14O3. The Labute approximate surface area is 77.1 Å². The van der Waals surface area contributed by atoms with Gasteiger partial charge in [-0.1, -0.05) is 13.8 Å². The Hall–Kier alpha value is -0.860. The number of hydrogen-bond acceptors (Lipinski definition) is 2. The highest BCUT2D eigenvalue weighted by molar-refractivity contribution is 6.06. The van der Waals surface area contributed by atoms with Gasteiger partial charge in [-0.05, 0) is 24.2 Å². The number of carbonyl (C=O) groups is 2. The third-order valence-electron chi connectivity index (χ3n) is 4.26. The van der Waals surface area contributed by atoms with Crippen molar-refractivity contribution in [1.82, 2.24) is 0 Å². The summed E-state index contributed by atoms with van der Waals surface area (Å²) >= 11 is 0. The second kappa shape index (κ2) is 2.14. The first-order chi connectivity index (χ1) is 5.93. The van der Waals surface area contributed by atoms with E-state index in [2.05, 4.69) is 0 Å². The fraction of sp³-hybridized carbons (Fsp3) is 0.800. The lowest BCUT2D eigenvalue weighted by molar-refractivity contribution is -0.158. The molecule has 0 aliphatic heterocycles. The highest BCUT2D eigenvalue weighted by Gasteiger charge is 2.68. The van der Waals surface area contributed by atoms with E-state index in [0.717, 1.165) is 6.42 Å².